The quantitative estimate of drug-likeness (QED) is 0.412. The first kappa shape index (κ1) is 19.4. The van der Waals surface area contributed by atoms with Crippen molar-refractivity contribution < 1.29 is 28.6 Å². The molecule has 0 aliphatic carbocycles. The molecule has 1 aromatic carbocycles. The minimum atomic E-state index is -1.20. The second kappa shape index (κ2) is 8.86. The van der Waals surface area contributed by atoms with Gasteiger partial charge >= 0.3 is 11.9 Å². The zero-order valence-electron chi connectivity index (χ0n) is 14.3. The van der Waals surface area contributed by atoms with Gasteiger partial charge in [0.2, 0.25) is 0 Å². The molecule has 0 aliphatic rings. The Morgan fingerprint density at radius 3 is 2.33 bits per heavy atom. The highest BCUT2D eigenvalue weighted by Gasteiger charge is 2.38. The molecule has 6 heteroatoms. The summed E-state index contributed by atoms with van der Waals surface area (Å²) in [7, 11) is 2.40. The first-order chi connectivity index (χ1) is 11.4. The number of hydrogen-bond acceptors (Lipinski definition) is 6. The molecule has 2 unspecified atom stereocenters. The number of ether oxygens (including phenoxy) is 3. The molecule has 0 aliphatic heterocycles. The number of Topliss-reactive ketones (excluding diaryl/α,β-unsaturated/α-hetero) is 1. The van der Waals surface area contributed by atoms with Crippen LogP contribution in [0.4, 0.5) is 0 Å². The van der Waals surface area contributed by atoms with Crippen LogP contribution in [-0.2, 0) is 23.9 Å². The van der Waals surface area contributed by atoms with Crippen LogP contribution in [0.25, 0.3) is 0 Å². The van der Waals surface area contributed by atoms with E-state index in [2.05, 4.69) is 6.58 Å². The Bertz CT molecular complexity index is 634. The average Bonchev–Trinajstić information content (AvgIpc) is 2.57. The second-order valence-electron chi connectivity index (χ2n) is 5.11. The summed E-state index contributed by atoms with van der Waals surface area (Å²) in [6, 6.07) is 6.82. The van der Waals surface area contributed by atoms with Gasteiger partial charge in [0.05, 0.1) is 20.8 Å². The maximum absolute atomic E-state index is 12.1. The van der Waals surface area contributed by atoms with Gasteiger partial charge < -0.3 is 14.2 Å². The van der Waals surface area contributed by atoms with Crippen molar-refractivity contribution in [3.8, 4) is 5.75 Å². The molecule has 130 valence electrons. The monoisotopic (exact) mass is 334 g/mol. The van der Waals surface area contributed by atoms with Crippen molar-refractivity contribution in [1.29, 1.82) is 0 Å². The highest BCUT2D eigenvalue weighted by molar-refractivity contribution is 6.02. The third kappa shape index (κ3) is 4.44. The molecule has 0 spiro atoms. The van der Waals surface area contributed by atoms with Gasteiger partial charge in [-0.2, -0.15) is 0 Å². The lowest BCUT2D eigenvalue weighted by Crippen LogP contribution is -2.32. The first-order valence-corrected chi connectivity index (χ1v) is 7.45. The lowest BCUT2D eigenvalue weighted by Gasteiger charge is -2.25. The third-order valence-corrected chi connectivity index (χ3v) is 3.58. The van der Waals surface area contributed by atoms with Crippen molar-refractivity contribution in [3.05, 3.63) is 42.0 Å². The molecule has 0 heterocycles. The normalized spacial score (nSPS) is 12.7. The van der Waals surface area contributed by atoms with Crippen LogP contribution in [0, 0.1) is 5.92 Å². The molecule has 0 saturated heterocycles. The van der Waals surface area contributed by atoms with Crippen LogP contribution in [0.1, 0.15) is 25.3 Å². The second-order valence-corrected chi connectivity index (χ2v) is 5.11. The molecule has 0 saturated carbocycles. The Labute approximate surface area is 141 Å². The molecule has 24 heavy (non-hydrogen) atoms. The summed E-state index contributed by atoms with van der Waals surface area (Å²) in [5.74, 6) is -3.40. The van der Waals surface area contributed by atoms with E-state index >= 15 is 0 Å². The molecular weight excluding hydrogens is 312 g/mol. The van der Waals surface area contributed by atoms with E-state index < -0.39 is 29.6 Å². The maximum Gasteiger partial charge on any atom is 0.333 e. The van der Waals surface area contributed by atoms with Gasteiger partial charge in [0.1, 0.15) is 17.5 Å². The van der Waals surface area contributed by atoms with Gasteiger partial charge in [-0.3, -0.25) is 9.59 Å². The zero-order chi connectivity index (χ0) is 18.3. The number of hydrogen-bond donors (Lipinski definition) is 0. The molecule has 0 amide bonds. The standard InChI is InChI=1S/C18H22O6/c1-6-24-14-9-7-8-13(10-14)15(11(2)17(20)22-4)16(12(3)19)18(21)23-5/h7-10,15-16H,2,6H2,1,3-5H3. The number of carbonyl (C=O) groups is 3. The number of carbonyl (C=O) groups excluding carboxylic acids is 3. The van der Waals surface area contributed by atoms with E-state index in [1.807, 2.05) is 6.92 Å². The highest BCUT2D eigenvalue weighted by Crippen LogP contribution is 2.35. The van der Waals surface area contributed by atoms with Gasteiger partial charge in [-0.05, 0) is 31.5 Å². The van der Waals surface area contributed by atoms with Crippen LogP contribution in [0.15, 0.2) is 36.4 Å². The van der Waals surface area contributed by atoms with Crippen molar-refractivity contribution in [3.63, 3.8) is 0 Å². The summed E-state index contributed by atoms with van der Waals surface area (Å²) in [5, 5.41) is 0. The van der Waals surface area contributed by atoms with Gasteiger partial charge in [0.15, 0.2) is 0 Å². The summed E-state index contributed by atoms with van der Waals surface area (Å²) < 4.78 is 14.9. The Morgan fingerprint density at radius 2 is 1.83 bits per heavy atom. The van der Waals surface area contributed by atoms with E-state index in [0.29, 0.717) is 17.9 Å². The fourth-order valence-electron chi connectivity index (χ4n) is 2.48. The summed E-state index contributed by atoms with van der Waals surface area (Å²) >= 11 is 0. The Balaban J connectivity index is 3.45. The Hall–Kier alpha value is -2.63. The fraction of sp³-hybridized carbons (Fsp3) is 0.389. The van der Waals surface area contributed by atoms with E-state index in [1.54, 1.807) is 24.3 Å². The first-order valence-electron chi connectivity index (χ1n) is 7.45. The van der Waals surface area contributed by atoms with Gasteiger partial charge in [0, 0.05) is 11.5 Å². The van der Waals surface area contributed by atoms with Crippen molar-refractivity contribution >= 4 is 17.7 Å². The van der Waals surface area contributed by atoms with Crippen molar-refractivity contribution in [2.24, 2.45) is 5.92 Å². The summed E-state index contributed by atoms with van der Waals surface area (Å²) in [5.41, 5.74) is 0.540. The van der Waals surface area contributed by atoms with E-state index in [9.17, 15) is 14.4 Å². The number of esters is 2. The van der Waals surface area contributed by atoms with E-state index in [1.165, 1.54) is 21.1 Å². The van der Waals surface area contributed by atoms with E-state index in [4.69, 9.17) is 14.2 Å². The molecule has 1 rings (SSSR count). The average molecular weight is 334 g/mol. The minimum absolute atomic E-state index is 0.00301. The zero-order valence-corrected chi connectivity index (χ0v) is 14.3. The van der Waals surface area contributed by atoms with Crippen molar-refractivity contribution in [2.45, 2.75) is 19.8 Å². The van der Waals surface area contributed by atoms with Gasteiger partial charge in [-0.25, -0.2) is 4.79 Å². The molecule has 0 bridgehead atoms. The van der Waals surface area contributed by atoms with Gasteiger partial charge in [-0.15, -0.1) is 0 Å². The number of methoxy groups -OCH3 is 2. The van der Waals surface area contributed by atoms with Crippen molar-refractivity contribution in [2.75, 3.05) is 20.8 Å². The van der Waals surface area contributed by atoms with Gasteiger partial charge in [-0.1, -0.05) is 18.7 Å². The number of ketones is 1. The summed E-state index contributed by atoms with van der Waals surface area (Å²) in [6.45, 7) is 7.29. The molecule has 0 aromatic heterocycles. The SMILES string of the molecule is C=C(C(=O)OC)C(c1cccc(OCC)c1)C(C(C)=O)C(=O)OC. The molecular formula is C18H22O6. The molecule has 6 nitrogen and oxygen atoms in total. The lowest BCUT2D eigenvalue weighted by molar-refractivity contribution is -0.149. The van der Waals surface area contributed by atoms with E-state index in [-0.39, 0.29) is 5.57 Å². The van der Waals surface area contributed by atoms with Crippen molar-refractivity contribution in [1.82, 2.24) is 0 Å². The minimum Gasteiger partial charge on any atom is -0.494 e. The summed E-state index contributed by atoms with van der Waals surface area (Å²) in [6.07, 6.45) is 0. The fourth-order valence-corrected chi connectivity index (χ4v) is 2.48. The Morgan fingerprint density at radius 1 is 1.17 bits per heavy atom. The van der Waals surface area contributed by atoms with Crippen LogP contribution in [0.5, 0.6) is 5.75 Å². The predicted molar refractivity (Wildman–Crippen MR) is 87.7 cm³/mol. The highest BCUT2D eigenvalue weighted by atomic mass is 16.5. The van der Waals surface area contributed by atoms with Crippen LogP contribution in [0.3, 0.4) is 0 Å². The smallest absolute Gasteiger partial charge is 0.333 e. The van der Waals surface area contributed by atoms with E-state index in [0.717, 1.165) is 0 Å². The Kier molecular flexibility index (Phi) is 7.17. The predicted octanol–water partition coefficient (Wildman–Crippen LogP) is 2.28. The number of rotatable bonds is 8. The van der Waals surface area contributed by atoms with Crippen LogP contribution in [0.2, 0.25) is 0 Å². The van der Waals surface area contributed by atoms with Crippen LogP contribution < -0.4 is 4.74 Å². The summed E-state index contributed by atoms with van der Waals surface area (Å²) in [4.78, 5) is 36.1. The maximum atomic E-state index is 12.1. The van der Waals surface area contributed by atoms with Crippen LogP contribution >= 0.6 is 0 Å². The third-order valence-electron chi connectivity index (χ3n) is 3.58. The number of benzene rings is 1. The topological polar surface area (TPSA) is 78.9 Å². The molecule has 2 atom stereocenters. The largest absolute Gasteiger partial charge is 0.494 e. The molecule has 0 N–H and O–H groups in total. The molecule has 0 fully saturated rings. The van der Waals surface area contributed by atoms with Gasteiger partial charge in [0.25, 0.3) is 0 Å². The molecule has 0 radical (unpaired) electrons. The van der Waals surface area contributed by atoms with Crippen LogP contribution in [-0.4, -0.2) is 38.5 Å². The molecule has 1 aromatic rings. The lowest BCUT2D eigenvalue weighted by atomic mass is 9.79.